The van der Waals surface area contributed by atoms with Crippen LogP contribution in [0.15, 0.2) is 67.0 Å². The molecule has 0 aliphatic carbocycles. The predicted octanol–water partition coefficient (Wildman–Crippen LogP) is 5.63. The third-order valence-electron chi connectivity index (χ3n) is 5.70. The quantitative estimate of drug-likeness (QED) is 0.296. The summed E-state index contributed by atoms with van der Waals surface area (Å²) in [6.07, 6.45) is 5.31. The van der Waals surface area contributed by atoms with Gasteiger partial charge in [0, 0.05) is 35.0 Å². The minimum absolute atomic E-state index is 0.108. The number of aryl methyl sites for hydroxylation is 1. The molecule has 0 saturated heterocycles. The standard InChI is InChI=1S/C27H25ClN4O3/c1-17(20-5-4-14-29-16-20)30-27(35)19-10-13-22-24(15-19)31-23(6-2-3-7-25(33)34)26(32-22)18-8-11-21(28)12-9-18/h4-5,8-17H,2-3,6-7H2,1H3,(H,30,35)(H,33,34)/t17-/m0/s1. The molecule has 0 unspecified atom stereocenters. The van der Waals surface area contributed by atoms with Gasteiger partial charge in [-0.1, -0.05) is 29.8 Å². The van der Waals surface area contributed by atoms with E-state index in [4.69, 9.17) is 26.7 Å². The molecule has 8 heteroatoms. The van der Waals surface area contributed by atoms with Gasteiger partial charge in [-0.2, -0.15) is 0 Å². The van der Waals surface area contributed by atoms with Crippen LogP contribution >= 0.6 is 11.6 Å². The molecule has 0 aliphatic rings. The maximum atomic E-state index is 12.9. The molecular weight excluding hydrogens is 464 g/mol. The van der Waals surface area contributed by atoms with Crippen LogP contribution in [0.3, 0.4) is 0 Å². The van der Waals surface area contributed by atoms with Gasteiger partial charge in [0.2, 0.25) is 0 Å². The topological polar surface area (TPSA) is 105 Å². The number of fused-ring (bicyclic) bond motifs is 1. The van der Waals surface area contributed by atoms with E-state index in [0.29, 0.717) is 40.9 Å². The lowest BCUT2D eigenvalue weighted by atomic mass is 10.0. The molecule has 0 radical (unpaired) electrons. The fourth-order valence-corrected chi connectivity index (χ4v) is 3.94. The SMILES string of the molecule is C[C@H](NC(=O)c1ccc2nc(-c3ccc(Cl)cc3)c(CCCCC(=O)O)nc2c1)c1cccnc1. The first-order valence-electron chi connectivity index (χ1n) is 11.4. The average molecular weight is 489 g/mol. The molecule has 2 aromatic carbocycles. The maximum absolute atomic E-state index is 12.9. The second-order valence-electron chi connectivity index (χ2n) is 8.31. The Kier molecular flexibility index (Phi) is 7.67. The molecule has 0 aliphatic heterocycles. The number of benzene rings is 2. The van der Waals surface area contributed by atoms with Gasteiger partial charge in [0.15, 0.2) is 0 Å². The van der Waals surface area contributed by atoms with Gasteiger partial charge in [-0.15, -0.1) is 0 Å². The van der Waals surface area contributed by atoms with Gasteiger partial charge in [-0.05, 0) is 68.1 Å². The Morgan fingerprint density at radius 3 is 2.54 bits per heavy atom. The Morgan fingerprint density at radius 2 is 1.83 bits per heavy atom. The number of halogens is 1. The van der Waals surface area contributed by atoms with E-state index in [2.05, 4.69) is 10.3 Å². The first kappa shape index (κ1) is 24.3. The van der Waals surface area contributed by atoms with Crippen LogP contribution in [0.4, 0.5) is 0 Å². The summed E-state index contributed by atoms with van der Waals surface area (Å²) < 4.78 is 0. The van der Waals surface area contributed by atoms with Gasteiger partial charge < -0.3 is 10.4 Å². The van der Waals surface area contributed by atoms with E-state index in [0.717, 1.165) is 22.5 Å². The second kappa shape index (κ2) is 11.1. The molecule has 1 amide bonds. The monoisotopic (exact) mass is 488 g/mol. The first-order chi connectivity index (χ1) is 16.9. The lowest BCUT2D eigenvalue weighted by Gasteiger charge is -2.14. The molecular formula is C27H25ClN4O3. The largest absolute Gasteiger partial charge is 0.481 e. The fourth-order valence-electron chi connectivity index (χ4n) is 3.81. The molecule has 0 saturated carbocycles. The summed E-state index contributed by atoms with van der Waals surface area (Å²) in [6.45, 7) is 1.91. The number of nitrogens with one attached hydrogen (secondary N) is 1. The number of carboxylic acids is 1. The van der Waals surface area contributed by atoms with Crippen molar-refractivity contribution in [1.82, 2.24) is 20.3 Å². The van der Waals surface area contributed by atoms with E-state index in [9.17, 15) is 9.59 Å². The number of hydrogen-bond acceptors (Lipinski definition) is 5. The molecule has 35 heavy (non-hydrogen) atoms. The van der Waals surface area contributed by atoms with Crippen molar-refractivity contribution in [1.29, 1.82) is 0 Å². The Morgan fingerprint density at radius 1 is 1.03 bits per heavy atom. The van der Waals surface area contributed by atoms with E-state index >= 15 is 0 Å². The first-order valence-corrected chi connectivity index (χ1v) is 11.8. The van der Waals surface area contributed by atoms with Gasteiger partial charge in [0.05, 0.1) is 28.5 Å². The molecule has 178 valence electrons. The van der Waals surface area contributed by atoms with E-state index in [-0.39, 0.29) is 18.4 Å². The van der Waals surface area contributed by atoms with Gasteiger partial charge >= 0.3 is 5.97 Å². The third kappa shape index (κ3) is 6.19. The summed E-state index contributed by atoms with van der Waals surface area (Å²) in [5.74, 6) is -1.03. The zero-order valence-corrected chi connectivity index (χ0v) is 20.0. The van der Waals surface area contributed by atoms with E-state index in [1.165, 1.54) is 0 Å². The van der Waals surface area contributed by atoms with Gasteiger partial charge in [-0.3, -0.25) is 14.6 Å². The Hall–Kier alpha value is -3.84. The van der Waals surface area contributed by atoms with Crippen LogP contribution in [0.1, 0.15) is 53.8 Å². The highest BCUT2D eigenvalue weighted by molar-refractivity contribution is 6.30. The van der Waals surface area contributed by atoms with Crippen molar-refractivity contribution in [3.05, 3.63) is 88.8 Å². The van der Waals surface area contributed by atoms with Crippen molar-refractivity contribution in [2.45, 2.75) is 38.6 Å². The molecule has 2 aromatic heterocycles. The lowest BCUT2D eigenvalue weighted by Crippen LogP contribution is -2.26. The van der Waals surface area contributed by atoms with Crippen LogP contribution in [0.5, 0.6) is 0 Å². The van der Waals surface area contributed by atoms with Crippen LogP contribution in [0, 0.1) is 0 Å². The molecule has 0 spiro atoms. The highest BCUT2D eigenvalue weighted by Crippen LogP contribution is 2.27. The molecule has 2 heterocycles. The smallest absolute Gasteiger partial charge is 0.303 e. The average Bonchev–Trinajstić information content (AvgIpc) is 2.86. The Bertz CT molecular complexity index is 1340. The van der Waals surface area contributed by atoms with E-state index < -0.39 is 5.97 Å². The highest BCUT2D eigenvalue weighted by atomic mass is 35.5. The van der Waals surface area contributed by atoms with Gasteiger partial charge in [0.25, 0.3) is 5.91 Å². The van der Waals surface area contributed by atoms with Crippen LogP contribution < -0.4 is 5.32 Å². The Labute approximate surface area is 208 Å². The van der Waals surface area contributed by atoms with Crippen molar-refractivity contribution in [2.24, 2.45) is 0 Å². The van der Waals surface area contributed by atoms with E-state index in [1.807, 2.05) is 31.2 Å². The van der Waals surface area contributed by atoms with Crippen LogP contribution in [-0.2, 0) is 11.2 Å². The summed E-state index contributed by atoms with van der Waals surface area (Å²) in [5.41, 5.74) is 5.04. The second-order valence-corrected chi connectivity index (χ2v) is 8.75. The van der Waals surface area contributed by atoms with Gasteiger partial charge in [0.1, 0.15) is 0 Å². The minimum atomic E-state index is -0.816. The molecule has 7 nitrogen and oxygen atoms in total. The number of carbonyl (C=O) groups excluding carboxylic acids is 1. The van der Waals surface area contributed by atoms with Crippen molar-refractivity contribution in [3.8, 4) is 11.3 Å². The normalized spacial score (nSPS) is 11.8. The number of rotatable bonds is 9. The van der Waals surface area contributed by atoms with Crippen molar-refractivity contribution >= 4 is 34.5 Å². The van der Waals surface area contributed by atoms with Crippen molar-refractivity contribution in [3.63, 3.8) is 0 Å². The summed E-state index contributed by atoms with van der Waals surface area (Å²) in [7, 11) is 0. The molecule has 0 fully saturated rings. The van der Waals surface area contributed by atoms with Gasteiger partial charge in [-0.25, -0.2) is 9.97 Å². The molecule has 0 bridgehead atoms. The zero-order valence-electron chi connectivity index (χ0n) is 19.2. The van der Waals surface area contributed by atoms with Crippen LogP contribution in [-0.4, -0.2) is 31.9 Å². The van der Waals surface area contributed by atoms with E-state index in [1.54, 1.807) is 42.7 Å². The third-order valence-corrected chi connectivity index (χ3v) is 5.95. The van der Waals surface area contributed by atoms with Crippen LogP contribution in [0.2, 0.25) is 5.02 Å². The molecule has 4 aromatic rings. The number of aliphatic carboxylic acids is 1. The lowest BCUT2D eigenvalue weighted by molar-refractivity contribution is -0.137. The molecule has 2 N–H and O–H groups in total. The van der Waals surface area contributed by atoms with Crippen LogP contribution in [0.25, 0.3) is 22.3 Å². The number of carbonyl (C=O) groups is 2. The molecule has 1 atom stereocenters. The summed E-state index contributed by atoms with van der Waals surface area (Å²) >= 11 is 6.06. The summed E-state index contributed by atoms with van der Waals surface area (Å²) in [6, 6.07) is 16.2. The fraction of sp³-hybridized carbons (Fsp3) is 0.222. The number of pyridine rings is 1. The number of carboxylic acid groups (broad SMARTS) is 1. The number of aromatic nitrogens is 3. The number of hydrogen-bond donors (Lipinski definition) is 2. The molecule has 4 rings (SSSR count). The Balaban J connectivity index is 1.63. The van der Waals surface area contributed by atoms with Crippen molar-refractivity contribution < 1.29 is 14.7 Å². The number of amides is 1. The predicted molar refractivity (Wildman–Crippen MR) is 135 cm³/mol. The minimum Gasteiger partial charge on any atom is -0.481 e. The summed E-state index contributed by atoms with van der Waals surface area (Å²) in [5, 5.41) is 12.6. The number of nitrogens with zero attached hydrogens (tertiary/aromatic N) is 3. The van der Waals surface area contributed by atoms with Crippen molar-refractivity contribution in [2.75, 3.05) is 0 Å². The zero-order chi connectivity index (χ0) is 24.8. The number of unbranched alkanes of at least 4 members (excludes halogenated alkanes) is 1. The summed E-state index contributed by atoms with van der Waals surface area (Å²) in [4.78, 5) is 37.6. The highest BCUT2D eigenvalue weighted by Gasteiger charge is 2.15. The maximum Gasteiger partial charge on any atom is 0.303 e.